The highest BCUT2D eigenvalue weighted by Crippen LogP contribution is 2.49. The standard InChI is InChI=1S/C37H44O5Si/c1-37(2,3)43(4,5)42-31(19-13-12-16-26-14-8-6-9-15-26)35-30-24-34(38)40-32(30)25-33(35)41-36(39)29-22-20-28(21-23-29)27-17-10-7-11-18-27/h6-11,14-15,17-23,30,32-33,35H,12-13,16,24-25H2,1-5H3/b31-19+/t30-,32-,33+,35-/m0/s1. The van der Waals surface area contributed by atoms with Crippen LogP contribution in [-0.2, 0) is 25.1 Å². The van der Waals surface area contributed by atoms with Crippen molar-refractivity contribution in [3.8, 4) is 11.1 Å². The normalized spacial score (nSPS) is 22.2. The molecule has 0 N–H and O–H groups in total. The molecule has 0 bridgehead atoms. The monoisotopic (exact) mass is 596 g/mol. The maximum atomic E-state index is 13.5. The van der Waals surface area contributed by atoms with Crippen LogP contribution in [0.25, 0.3) is 11.1 Å². The molecule has 1 heterocycles. The van der Waals surface area contributed by atoms with Gasteiger partial charge in [-0.15, -0.1) is 0 Å². The number of esters is 2. The topological polar surface area (TPSA) is 61.8 Å². The highest BCUT2D eigenvalue weighted by molar-refractivity contribution is 6.74. The molecule has 3 aromatic rings. The molecule has 2 aliphatic rings. The van der Waals surface area contributed by atoms with Crippen LogP contribution in [0.5, 0.6) is 0 Å². The summed E-state index contributed by atoms with van der Waals surface area (Å²) in [6.45, 7) is 11.2. The number of unbranched alkanes of at least 4 members (excludes halogenated alkanes) is 1. The molecule has 43 heavy (non-hydrogen) atoms. The van der Waals surface area contributed by atoms with E-state index in [-0.39, 0.29) is 34.9 Å². The predicted molar refractivity (Wildman–Crippen MR) is 173 cm³/mol. The van der Waals surface area contributed by atoms with E-state index in [9.17, 15) is 9.59 Å². The Morgan fingerprint density at radius 2 is 1.56 bits per heavy atom. The Morgan fingerprint density at radius 1 is 0.930 bits per heavy atom. The summed E-state index contributed by atoms with van der Waals surface area (Å²) < 4.78 is 19.0. The fraction of sp³-hybridized carbons (Fsp3) is 0.405. The summed E-state index contributed by atoms with van der Waals surface area (Å²) in [5.74, 6) is 0.0158. The van der Waals surface area contributed by atoms with E-state index in [1.54, 1.807) is 0 Å². The number of carbonyl (C=O) groups is 2. The molecule has 1 aliphatic carbocycles. The lowest BCUT2D eigenvalue weighted by Gasteiger charge is -2.40. The Morgan fingerprint density at radius 3 is 2.21 bits per heavy atom. The van der Waals surface area contributed by atoms with Crippen molar-refractivity contribution >= 4 is 20.3 Å². The molecule has 5 rings (SSSR count). The van der Waals surface area contributed by atoms with E-state index < -0.39 is 14.4 Å². The second kappa shape index (κ2) is 12.9. The van der Waals surface area contributed by atoms with Crippen molar-refractivity contribution in [3.63, 3.8) is 0 Å². The minimum Gasteiger partial charge on any atom is -0.546 e. The van der Waals surface area contributed by atoms with Gasteiger partial charge >= 0.3 is 11.9 Å². The van der Waals surface area contributed by atoms with Crippen molar-refractivity contribution in [3.05, 3.63) is 108 Å². The lowest BCUT2D eigenvalue weighted by atomic mass is 9.89. The average molecular weight is 597 g/mol. The fourth-order valence-corrected chi connectivity index (χ4v) is 7.01. The first-order valence-corrected chi connectivity index (χ1v) is 18.4. The van der Waals surface area contributed by atoms with Crippen LogP contribution in [-0.4, -0.2) is 32.5 Å². The molecule has 0 unspecified atom stereocenters. The molecule has 5 nitrogen and oxygen atoms in total. The molecule has 1 aliphatic heterocycles. The average Bonchev–Trinajstić information content (AvgIpc) is 3.50. The lowest BCUT2D eigenvalue weighted by molar-refractivity contribution is -0.141. The van der Waals surface area contributed by atoms with E-state index in [0.29, 0.717) is 18.4 Å². The van der Waals surface area contributed by atoms with Gasteiger partial charge in [0.1, 0.15) is 12.2 Å². The van der Waals surface area contributed by atoms with E-state index in [1.807, 2.05) is 60.7 Å². The maximum Gasteiger partial charge on any atom is 0.338 e. The van der Waals surface area contributed by atoms with Crippen molar-refractivity contribution in [1.82, 2.24) is 0 Å². The van der Waals surface area contributed by atoms with E-state index in [2.05, 4.69) is 64.2 Å². The zero-order valence-electron chi connectivity index (χ0n) is 26.0. The molecule has 0 amide bonds. The minimum absolute atomic E-state index is 0.0111. The Labute approximate surface area is 257 Å². The molecular weight excluding hydrogens is 552 g/mol. The van der Waals surface area contributed by atoms with Crippen molar-refractivity contribution < 1.29 is 23.5 Å². The lowest BCUT2D eigenvalue weighted by Crippen LogP contribution is -2.42. The number of hydrogen-bond acceptors (Lipinski definition) is 5. The van der Waals surface area contributed by atoms with Crippen molar-refractivity contribution in [2.75, 3.05) is 0 Å². The van der Waals surface area contributed by atoms with Gasteiger partial charge in [-0.3, -0.25) is 4.79 Å². The summed E-state index contributed by atoms with van der Waals surface area (Å²) >= 11 is 0. The van der Waals surface area contributed by atoms with Gasteiger partial charge in [-0.05, 0) is 72.3 Å². The van der Waals surface area contributed by atoms with Crippen molar-refractivity contribution in [2.24, 2.45) is 11.8 Å². The Bertz CT molecular complexity index is 1420. The van der Waals surface area contributed by atoms with Gasteiger partial charge in [-0.1, -0.05) is 93.6 Å². The summed E-state index contributed by atoms with van der Waals surface area (Å²) in [6, 6.07) is 28.1. The number of carbonyl (C=O) groups excluding carboxylic acids is 2. The second-order valence-corrected chi connectivity index (χ2v) is 18.1. The highest BCUT2D eigenvalue weighted by atomic mass is 28.4. The minimum atomic E-state index is -2.23. The van der Waals surface area contributed by atoms with Gasteiger partial charge in [0.25, 0.3) is 0 Å². The third-order valence-electron chi connectivity index (χ3n) is 9.34. The predicted octanol–water partition coefficient (Wildman–Crippen LogP) is 8.76. The molecule has 0 radical (unpaired) electrons. The van der Waals surface area contributed by atoms with Gasteiger partial charge in [0.15, 0.2) is 0 Å². The number of hydrogen-bond donors (Lipinski definition) is 0. The van der Waals surface area contributed by atoms with Gasteiger partial charge in [-0.25, -0.2) is 4.79 Å². The van der Waals surface area contributed by atoms with Crippen LogP contribution in [0.1, 0.15) is 62.4 Å². The van der Waals surface area contributed by atoms with Crippen LogP contribution < -0.4 is 0 Å². The molecule has 2 fully saturated rings. The van der Waals surface area contributed by atoms with Crippen LogP contribution in [0, 0.1) is 11.8 Å². The van der Waals surface area contributed by atoms with Crippen LogP contribution in [0.2, 0.25) is 18.1 Å². The van der Waals surface area contributed by atoms with Crippen LogP contribution >= 0.6 is 0 Å². The molecular formula is C37H44O5Si. The largest absolute Gasteiger partial charge is 0.546 e. The van der Waals surface area contributed by atoms with Gasteiger partial charge < -0.3 is 13.9 Å². The second-order valence-electron chi connectivity index (χ2n) is 13.4. The quantitative estimate of drug-likeness (QED) is 0.101. The molecule has 3 aromatic carbocycles. The van der Waals surface area contributed by atoms with Gasteiger partial charge in [0.2, 0.25) is 8.32 Å². The molecule has 4 atom stereocenters. The zero-order chi connectivity index (χ0) is 30.6. The molecule has 226 valence electrons. The van der Waals surface area contributed by atoms with Crippen LogP contribution in [0.3, 0.4) is 0 Å². The summed E-state index contributed by atoms with van der Waals surface area (Å²) in [7, 11) is -2.23. The molecule has 0 aromatic heterocycles. The first-order chi connectivity index (χ1) is 20.5. The van der Waals surface area contributed by atoms with Gasteiger partial charge in [-0.2, -0.15) is 0 Å². The van der Waals surface area contributed by atoms with Crippen molar-refractivity contribution in [1.29, 1.82) is 0 Å². The maximum absolute atomic E-state index is 13.5. The van der Waals surface area contributed by atoms with Gasteiger partial charge in [0, 0.05) is 12.3 Å². The zero-order valence-corrected chi connectivity index (χ0v) is 27.0. The van der Waals surface area contributed by atoms with Crippen LogP contribution in [0.15, 0.2) is 96.8 Å². The third kappa shape index (κ3) is 7.30. The number of aryl methyl sites for hydroxylation is 1. The van der Waals surface area contributed by atoms with Gasteiger partial charge in [0.05, 0.1) is 23.7 Å². The SMILES string of the molecule is CC(C)(C)[Si](C)(C)O/C(=C/CCCc1ccccc1)[C@@H]1[C@H]2CC(=O)O[C@H]2C[C@H]1OC(=O)c1ccc(-c2ccccc2)cc1. The van der Waals surface area contributed by atoms with E-state index in [1.165, 1.54) is 5.56 Å². The molecule has 6 heteroatoms. The number of allylic oxidation sites excluding steroid dienone is 1. The summed E-state index contributed by atoms with van der Waals surface area (Å²) in [6.07, 6.45) is 5.08. The van der Waals surface area contributed by atoms with E-state index in [4.69, 9.17) is 13.9 Å². The molecule has 0 spiro atoms. The first kappa shape index (κ1) is 30.8. The number of benzene rings is 3. The summed E-state index contributed by atoms with van der Waals surface area (Å²) in [5, 5.41) is -0.0111. The Hall–Kier alpha value is -3.64. The molecule has 1 saturated carbocycles. The highest BCUT2D eigenvalue weighted by Gasteiger charge is 2.55. The first-order valence-electron chi connectivity index (χ1n) is 15.5. The number of rotatable bonds is 10. The van der Waals surface area contributed by atoms with Crippen LogP contribution in [0.4, 0.5) is 0 Å². The van der Waals surface area contributed by atoms with Crippen molar-refractivity contribution in [2.45, 2.75) is 83.2 Å². The summed E-state index contributed by atoms with van der Waals surface area (Å²) in [4.78, 5) is 25.9. The smallest absolute Gasteiger partial charge is 0.338 e. The third-order valence-corrected chi connectivity index (χ3v) is 13.7. The number of fused-ring (bicyclic) bond motifs is 1. The number of ether oxygens (including phenoxy) is 2. The Balaban J connectivity index is 1.38. The fourth-order valence-electron chi connectivity index (χ4n) is 5.90. The van der Waals surface area contributed by atoms with E-state index in [0.717, 1.165) is 36.1 Å². The van der Waals surface area contributed by atoms with E-state index >= 15 is 0 Å². The Kier molecular flexibility index (Phi) is 9.26. The molecule has 1 saturated heterocycles. The summed E-state index contributed by atoms with van der Waals surface area (Å²) in [5.41, 5.74) is 3.95.